The van der Waals surface area contributed by atoms with E-state index in [0.29, 0.717) is 24.7 Å². The number of ketones is 2. The van der Waals surface area contributed by atoms with Crippen LogP contribution in [0.2, 0.25) is 0 Å². The van der Waals surface area contributed by atoms with Crippen molar-refractivity contribution in [3.8, 4) is 0 Å². The van der Waals surface area contributed by atoms with Crippen LogP contribution in [0.1, 0.15) is 151 Å². The molecular formula is C45H64N2O6. The summed E-state index contributed by atoms with van der Waals surface area (Å²) in [4.78, 5) is 60.7. The van der Waals surface area contributed by atoms with E-state index in [9.17, 15) is 24.3 Å². The SMILES string of the molecule is CC(C)C1=C2[C@H]3CC[C@@H]4[C@@]5(C)CC[C@H](OC(=O)CC(C)(C)C(=O)O)C(C)(C)[C@@H]5CC[C@@]4(C)[C@]3(C)CC[C@@]2(/C=C/C(=O)C[C@@H](C)c2ccncn2)CC1=O. The lowest BCUT2D eigenvalue weighted by Gasteiger charge is -2.72. The minimum absolute atomic E-state index is 0.00272. The number of carboxylic acids is 1. The highest BCUT2D eigenvalue weighted by molar-refractivity contribution is 6.01. The summed E-state index contributed by atoms with van der Waals surface area (Å²) >= 11 is 0. The zero-order valence-corrected chi connectivity index (χ0v) is 34.0. The molecule has 5 aliphatic rings. The Balaban J connectivity index is 1.27. The Labute approximate surface area is 317 Å². The Morgan fingerprint density at radius 1 is 0.962 bits per heavy atom. The van der Waals surface area contributed by atoms with Crippen molar-refractivity contribution in [2.45, 2.75) is 152 Å². The van der Waals surface area contributed by atoms with E-state index in [-0.39, 0.29) is 63.5 Å². The molecule has 1 N–H and O–H groups in total. The smallest absolute Gasteiger partial charge is 0.309 e. The van der Waals surface area contributed by atoms with Crippen molar-refractivity contribution in [3.05, 3.63) is 47.6 Å². The van der Waals surface area contributed by atoms with Crippen LogP contribution in [0.25, 0.3) is 0 Å². The molecule has 4 saturated carbocycles. The Bertz CT molecular complexity index is 1710. The van der Waals surface area contributed by atoms with Crippen LogP contribution in [-0.4, -0.2) is 44.7 Å². The summed E-state index contributed by atoms with van der Waals surface area (Å²) < 4.78 is 6.16. The van der Waals surface area contributed by atoms with Gasteiger partial charge in [0.2, 0.25) is 0 Å². The van der Waals surface area contributed by atoms with E-state index in [1.807, 2.05) is 13.0 Å². The molecule has 53 heavy (non-hydrogen) atoms. The maximum absolute atomic E-state index is 14.0. The third-order valence-electron chi connectivity index (χ3n) is 16.1. The summed E-state index contributed by atoms with van der Waals surface area (Å²) in [5, 5.41) is 9.61. The van der Waals surface area contributed by atoms with Gasteiger partial charge >= 0.3 is 11.9 Å². The van der Waals surface area contributed by atoms with Crippen LogP contribution >= 0.6 is 0 Å². The van der Waals surface area contributed by atoms with Gasteiger partial charge in [0.05, 0.1) is 11.8 Å². The molecule has 1 aromatic rings. The Morgan fingerprint density at radius 2 is 1.68 bits per heavy atom. The molecule has 0 radical (unpaired) electrons. The molecular weight excluding hydrogens is 665 g/mol. The average molecular weight is 729 g/mol. The van der Waals surface area contributed by atoms with Gasteiger partial charge in [-0.05, 0) is 128 Å². The number of nitrogens with zero attached hydrogens (tertiary/aromatic N) is 2. The van der Waals surface area contributed by atoms with Gasteiger partial charge in [0, 0.05) is 41.5 Å². The van der Waals surface area contributed by atoms with E-state index in [1.54, 1.807) is 26.1 Å². The van der Waals surface area contributed by atoms with E-state index in [2.05, 4.69) is 64.5 Å². The van der Waals surface area contributed by atoms with Crippen LogP contribution in [0.5, 0.6) is 0 Å². The molecule has 8 heteroatoms. The van der Waals surface area contributed by atoms with Gasteiger partial charge in [-0.2, -0.15) is 0 Å². The van der Waals surface area contributed by atoms with E-state index >= 15 is 0 Å². The average Bonchev–Trinajstić information content (AvgIpc) is 3.38. The van der Waals surface area contributed by atoms with Crippen LogP contribution in [0, 0.1) is 56.2 Å². The summed E-state index contributed by atoms with van der Waals surface area (Å²) in [5.41, 5.74) is 1.53. The second kappa shape index (κ2) is 13.5. The number of hydrogen-bond acceptors (Lipinski definition) is 7. The molecule has 5 aliphatic carbocycles. The van der Waals surface area contributed by atoms with E-state index in [1.165, 1.54) is 11.9 Å². The van der Waals surface area contributed by atoms with Crippen LogP contribution in [-0.2, 0) is 23.9 Å². The second-order valence-corrected chi connectivity index (χ2v) is 20.1. The molecule has 4 fully saturated rings. The molecule has 290 valence electrons. The molecule has 0 spiro atoms. The summed E-state index contributed by atoms with van der Waals surface area (Å²) in [6.45, 7) is 21.7. The van der Waals surface area contributed by atoms with Crippen molar-refractivity contribution in [1.82, 2.24) is 9.97 Å². The number of esters is 1. The topological polar surface area (TPSA) is 124 Å². The summed E-state index contributed by atoms with van der Waals surface area (Å²) in [6, 6.07) is 1.87. The van der Waals surface area contributed by atoms with Crippen molar-refractivity contribution < 1.29 is 29.0 Å². The largest absolute Gasteiger partial charge is 0.481 e. The number of fused-ring (bicyclic) bond motifs is 7. The maximum Gasteiger partial charge on any atom is 0.309 e. The van der Waals surface area contributed by atoms with E-state index in [4.69, 9.17) is 4.74 Å². The molecule has 0 saturated heterocycles. The number of hydrogen-bond donors (Lipinski definition) is 1. The number of Topliss-reactive ketones (excluding diaryl/α,β-unsaturated/α-hetero) is 1. The number of ether oxygens (including phenoxy) is 1. The summed E-state index contributed by atoms with van der Waals surface area (Å²) in [5.74, 6) is 0.164. The predicted molar refractivity (Wildman–Crippen MR) is 205 cm³/mol. The number of carboxylic acid groups (broad SMARTS) is 1. The lowest BCUT2D eigenvalue weighted by molar-refractivity contribution is -0.232. The van der Waals surface area contributed by atoms with Gasteiger partial charge in [0.15, 0.2) is 11.6 Å². The van der Waals surface area contributed by atoms with Crippen LogP contribution < -0.4 is 0 Å². The quantitative estimate of drug-likeness (QED) is 0.187. The van der Waals surface area contributed by atoms with Gasteiger partial charge in [0.25, 0.3) is 0 Å². The molecule has 6 rings (SSSR count). The Morgan fingerprint density at radius 3 is 2.32 bits per heavy atom. The first-order valence-electron chi connectivity index (χ1n) is 20.3. The summed E-state index contributed by atoms with van der Waals surface area (Å²) in [6.07, 6.45) is 15.5. The number of carbonyl (C=O) groups excluding carboxylic acids is 3. The molecule has 1 heterocycles. The zero-order valence-electron chi connectivity index (χ0n) is 34.0. The molecule has 0 aliphatic heterocycles. The molecule has 0 aromatic carbocycles. The highest BCUT2D eigenvalue weighted by Crippen LogP contribution is 2.77. The Hall–Kier alpha value is -3.16. The number of rotatable bonds is 10. The molecule has 0 unspecified atom stereocenters. The zero-order chi connectivity index (χ0) is 38.9. The molecule has 8 nitrogen and oxygen atoms in total. The first-order chi connectivity index (χ1) is 24.6. The molecule has 0 amide bonds. The number of allylic oxidation sites excluding steroid dienone is 4. The lowest BCUT2D eigenvalue weighted by atomic mass is 9.33. The molecule has 1 aromatic heterocycles. The maximum atomic E-state index is 14.0. The third-order valence-corrected chi connectivity index (χ3v) is 16.1. The van der Waals surface area contributed by atoms with Crippen LogP contribution in [0.4, 0.5) is 0 Å². The highest BCUT2D eigenvalue weighted by Gasteiger charge is 2.70. The third kappa shape index (κ3) is 6.36. The fourth-order valence-electron chi connectivity index (χ4n) is 13.0. The first-order valence-corrected chi connectivity index (χ1v) is 20.3. The molecule has 9 atom stereocenters. The standard InChI is InChI=1S/C45H64N2O6/c1-27(2)37-32(49)24-45(19-13-29(48)23-28(3)31-16-22-46-26-47-31)21-20-43(9)30(38(37)45)11-12-34-42(8)17-15-35(53-36(50)25-40(4,5)39(51)52)41(6,7)33(42)14-18-44(34,43)10/h13,16,19,22,26-28,30,33-35H,11-12,14-15,17-18,20-21,23-25H2,1-10H3,(H,51,52)/b19-13+/t28-,30-,33+,34-,35+,42+,43-,44-,45+/m1/s1. The van der Waals surface area contributed by atoms with E-state index in [0.717, 1.165) is 62.6 Å². The van der Waals surface area contributed by atoms with Crippen molar-refractivity contribution in [3.63, 3.8) is 0 Å². The second-order valence-electron chi connectivity index (χ2n) is 20.1. The van der Waals surface area contributed by atoms with Gasteiger partial charge in [-0.25, -0.2) is 9.97 Å². The van der Waals surface area contributed by atoms with E-state index < -0.39 is 22.8 Å². The van der Waals surface area contributed by atoms with Crippen molar-refractivity contribution >= 4 is 23.5 Å². The van der Waals surface area contributed by atoms with Crippen LogP contribution in [0.3, 0.4) is 0 Å². The first kappa shape index (κ1) is 39.5. The van der Waals surface area contributed by atoms with Crippen molar-refractivity contribution in [1.29, 1.82) is 0 Å². The van der Waals surface area contributed by atoms with Gasteiger partial charge in [-0.3, -0.25) is 19.2 Å². The molecule has 0 bridgehead atoms. The van der Waals surface area contributed by atoms with Crippen molar-refractivity contribution in [2.24, 2.45) is 56.2 Å². The predicted octanol–water partition coefficient (Wildman–Crippen LogP) is 9.49. The summed E-state index contributed by atoms with van der Waals surface area (Å²) in [7, 11) is 0. The fraction of sp³-hybridized carbons (Fsp3) is 0.733. The lowest BCUT2D eigenvalue weighted by Crippen LogP contribution is -2.65. The van der Waals surface area contributed by atoms with Crippen molar-refractivity contribution in [2.75, 3.05) is 0 Å². The number of aromatic nitrogens is 2. The fourth-order valence-corrected chi connectivity index (χ4v) is 13.0. The number of carbonyl (C=O) groups is 4. The number of aliphatic carboxylic acids is 1. The van der Waals surface area contributed by atoms with Gasteiger partial charge in [-0.15, -0.1) is 0 Å². The minimum Gasteiger partial charge on any atom is -0.481 e. The highest BCUT2D eigenvalue weighted by atomic mass is 16.5. The monoisotopic (exact) mass is 728 g/mol. The van der Waals surface area contributed by atoms with Gasteiger partial charge < -0.3 is 9.84 Å². The van der Waals surface area contributed by atoms with Gasteiger partial charge in [-0.1, -0.05) is 61.5 Å². The Kier molecular flexibility index (Phi) is 10.1. The van der Waals surface area contributed by atoms with Crippen LogP contribution in [0.15, 0.2) is 41.9 Å². The normalized spacial score (nSPS) is 37.1. The van der Waals surface area contributed by atoms with Gasteiger partial charge in [0.1, 0.15) is 12.4 Å². The minimum atomic E-state index is -1.17.